The first-order valence-electron chi connectivity index (χ1n) is 8.18. The van der Waals surface area contributed by atoms with Gasteiger partial charge in [0.1, 0.15) is 24.1 Å². The van der Waals surface area contributed by atoms with Crippen molar-refractivity contribution in [2.45, 2.75) is 30.8 Å². The SMILES string of the molecule is O=[P@]1(Oc2ccccc2)O[C@H](COCc2ccccc2)[C@@H](O)[C@H](O)[C@@H]1O. The summed E-state index contributed by atoms with van der Waals surface area (Å²) in [6.45, 7) is 0.137. The fourth-order valence-electron chi connectivity index (χ4n) is 2.60. The highest BCUT2D eigenvalue weighted by molar-refractivity contribution is 7.55. The van der Waals surface area contributed by atoms with Crippen molar-refractivity contribution in [3.63, 3.8) is 0 Å². The maximum atomic E-state index is 12.9. The van der Waals surface area contributed by atoms with Gasteiger partial charge in [-0.3, -0.25) is 4.52 Å². The van der Waals surface area contributed by atoms with Crippen LogP contribution in [0.25, 0.3) is 0 Å². The second-order valence-electron chi connectivity index (χ2n) is 5.98. The topological polar surface area (TPSA) is 105 Å². The summed E-state index contributed by atoms with van der Waals surface area (Å²) in [6, 6.07) is 17.6. The monoisotopic (exact) mass is 380 g/mol. The van der Waals surface area contributed by atoms with Gasteiger partial charge >= 0.3 is 7.60 Å². The number of aliphatic hydroxyl groups is 3. The molecule has 3 rings (SSSR count). The van der Waals surface area contributed by atoms with E-state index in [1.807, 2.05) is 30.3 Å². The van der Waals surface area contributed by atoms with E-state index in [0.717, 1.165) is 5.56 Å². The average Bonchev–Trinajstić information content (AvgIpc) is 2.66. The van der Waals surface area contributed by atoms with Gasteiger partial charge in [0.25, 0.3) is 0 Å². The number of ether oxygens (including phenoxy) is 1. The van der Waals surface area contributed by atoms with Crippen molar-refractivity contribution < 1.29 is 33.7 Å². The maximum Gasteiger partial charge on any atom is 0.410 e. The molecule has 1 fully saturated rings. The van der Waals surface area contributed by atoms with Crippen molar-refractivity contribution >= 4 is 7.60 Å². The summed E-state index contributed by atoms with van der Waals surface area (Å²) in [6.07, 6.45) is -4.24. The van der Waals surface area contributed by atoms with Crippen molar-refractivity contribution in [2.24, 2.45) is 0 Å². The molecule has 3 N–H and O–H groups in total. The number of aliphatic hydroxyl groups excluding tert-OH is 3. The molecule has 1 aliphatic heterocycles. The fourth-order valence-corrected chi connectivity index (χ4v) is 4.40. The van der Waals surface area contributed by atoms with Crippen LogP contribution in [-0.2, 0) is 20.4 Å². The lowest BCUT2D eigenvalue weighted by Crippen LogP contribution is -2.52. The standard InChI is InChI=1S/C18H21O7P/c19-16-15(12-23-11-13-7-3-1-4-8-13)25-26(22,18(21)17(16)20)24-14-9-5-2-6-10-14/h1-10,15-21H,11-12H2/t15-,16-,17+,18-,26-/m1/s1. The van der Waals surface area contributed by atoms with Crippen LogP contribution >= 0.6 is 7.60 Å². The summed E-state index contributed by atoms with van der Waals surface area (Å²) in [4.78, 5) is 0. The Kier molecular flexibility index (Phi) is 6.09. The first-order chi connectivity index (χ1) is 12.5. The van der Waals surface area contributed by atoms with E-state index >= 15 is 0 Å². The Balaban J connectivity index is 1.67. The molecule has 0 radical (unpaired) electrons. The maximum absolute atomic E-state index is 12.9. The van der Waals surface area contributed by atoms with Crippen molar-refractivity contribution in [3.8, 4) is 5.75 Å². The lowest BCUT2D eigenvalue weighted by Gasteiger charge is -2.39. The zero-order valence-electron chi connectivity index (χ0n) is 13.9. The molecule has 0 aliphatic carbocycles. The van der Waals surface area contributed by atoms with Crippen molar-refractivity contribution in [2.75, 3.05) is 6.61 Å². The van der Waals surface area contributed by atoms with Gasteiger partial charge in [-0.15, -0.1) is 0 Å². The molecule has 0 spiro atoms. The van der Waals surface area contributed by atoms with Gasteiger partial charge in [0.2, 0.25) is 0 Å². The molecule has 0 amide bonds. The van der Waals surface area contributed by atoms with E-state index in [2.05, 4.69) is 0 Å². The Morgan fingerprint density at radius 2 is 1.54 bits per heavy atom. The number of hydrogen-bond acceptors (Lipinski definition) is 7. The molecule has 1 heterocycles. The molecular formula is C18H21O7P. The summed E-state index contributed by atoms with van der Waals surface area (Å²) >= 11 is 0. The van der Waals surface area contributed by atoms with Gasteiger partial charge in [0.15, 0.2) is 5.85 Å². The van der Waals surface area contributed by atoms with Crippen molar-refractivity contribution in [1.82, 2.24) is 0 Å². The van der Waals surface area contributed by atoms with E-state index in [0.29, 0.717) is 0 Å². The minimum absolute atomic E-state index is 0.123. The van der Waals surface area contributed by atoms with Crippen LogP contribution in [-0.4, -0.2) is 46.1 Å². The quantitative estimate of drug-likeness (QED) is 0.658. The molecule has 140 valence electrons. The molecule has 0 unspecified atom stereocenters. The highest BCUT2D eigenvalue weighted by Crippen LogP contribution is 2.57. The minimum atomic E-state index is -4.12. The highest BCUT2D eigenvalue weighted by atomic mass is 31.2. The molecule has 1 saturated heterocycles. The first-order valence-corrected chi connectivity index (χ1v) is 9.79. The molecule has 1 aliphatic rings. The Morgan fingerprint density at radius 3 is 2.19 bits per heavy atom. The van der Waals surface area contributed by atoms with E-state index in [4.69, 9.17) is 13.8 Å². The molecule has 26 heavy (non-hydrogen) atoms. The predicted molar refractivity (Wildman–Crippen MR) is 93.7 cm³/mol. The van der Waals surface area contributed by atoms with Gasteiger partial charge in [-0.05, 0) is 17.7 Å². The lowest BCUT2D eigenvalue weighted by atomic mass is 10.1. The molecule has 5 atom stereocenters. The van der Waals surface area contributed by atoms with Crippen LogP contribution < -0.4 is 4.52 Å². The van der Waals surface area contributed by atoms with Gasteiger partial charge < -0.3 is 24.6 Å². The average molecular weight is 380 g/mol. The Bertz CT molecular complexity index is 740. The molecule has 2 aromatic rings. The van der Waals surface area contributed by atoms with Gasteiger partial charge in [-0.1, -0.05) is 48.5 Å². The van der Waals surface area contributed by atoms with E-state index in [9.17, 15) is 19.9 Å². The molecule has 0 aromatic heterocycles. The summed E-state index contributed by atoms with van der Waals surface area (Å²) in [5.41, 5.74) is 0.919. The second kappa shape index (κ2) is 8.31. The number of para-hydroxylation sites is 1. The summed E-state index contributed by atoms with van der Waals surface area (Å²) in [5.74, 6) is -1.63. The smallest absolute Gasteiger partial charge is 0.410 e. The van der Waals surface area contributed by atoms with Crippen LogP contribution in [0.15, 0.2) is 60.7 Å². The van der Waals surface area contributed by atoms with Crippen LogP contribution in [0.3, 0.4) is 0 Å². The van der Waals surface area contributed by atoms with Crippen LogP contribution in [0.2, 0.25) is 0 Å². The summed E-state index contributed by atoms with van der Waals surface area (Å²) < 4.78 is 29.1. The fraction of sp³-hybridized carbons (Fsp3) is 0.333. The third kappa shape index (κ3) is 4.32. The van der Waals surface area contributed by atoms with Gasteiger partial charge in [-0.25, -0.2) is 4.57 Å². The zero-order chi connectivity index (χ0) is 18.6. The minimum Gasteiger partial charge on any atom is -0.423 e. The Morgan fingerprint density at radius 1 is 0.923 bits per heavy atom. The van der Waals surface area contributed by atoms with Gasteiger partial charge in [0, 0.05) is 0 Å². The van der Waals surface area contributed by atoms with E-state index in [-0.39, 0.29) is 19.0 Å². The molecule has 8 heteroatoms. The number of hydrogen-bond donors (Lipinski definition) is 3. The summed E-state index contributed by atoms with van der Waals surface area (Å²) in [7, 11) is -4.12. The van der Waals surface area contributed by atoms with Gasteiger partial charge in [0.05, 0.1) is 13.2 Å². The zero-order valence-corrected chi connectivity index (χ0v) is 14.8. The van der Waals surface area contributed by atoms with E-state index in [1.54, 1.807) is 30.3 Å². The number of benzene rings is 2. The van der Waals surface area contributed by atoms with Crippen LogP contribution in [0.1, 0.15) is 5.56 Å². The van der Waals surface area contributed by atoms with E-state index < -0.39 is 31.8 Å². The van der Waals surface area contributed by atoms with Crippen molar-refractivity contribution in [1.29, 1.82) is 0 Å². The second-order valence-corrected chi connectivity index (χ2v) is 7.99. The third-order valence-electron chi connectivity index (χ3n) is 4.01. The normalized spacial score (nSPS) is 31.5. The molecular weight excluding hydrogens is 359 g/mol. The van der Waals surface area contributed by atoms with E-state index in [1.165, 1.54) is 0 Å². The van der Waals surface area contributed by atoms with Crippen LogP contribution in [0.4, 0.5) is 0 Å². The molecule has 2 aromatic carbocycles. The largest absolute Gasteiger partial charge is 0.423 e. The number of rotatable bonds is 6. The highest BCUT2D eigenvalue weighted by Gasteiger charge is 2.53. The molecule has 7 nitrogen and oxygen atoms in total. The van der Waals surface area contributed by atoms with Crippen LogP contribution in [0, 0.1) is 0 Å². The predicted octanol–water partition coefficient (Wildman–Crippen LogP) is 1.91. The third-order valence-corrected chi connectivity index (χ3v) is 6.00. The Hall–Kier alpha value is -1.73. The van der Waals surface area contributed by atoms with Gasteiger partial charge in [-0.2, -0.15) is 0 Å². The van der Waals surface area contributed by atoms with Crippen LogP contribution in [0.5, 0.6) is 5.75 Å². The lowest BCUT2D eigenvalue weighted by molar-refractivity contribution is -0.128. The first kappa shape index (κ1) is 19.0. The Labute approximate surface area is 151 Å². The molecule has 0 saturated carbocycles. The van der Waals surface area contributed by atoms with Crippen molar-refractivity contribution in [3.05, 3.63) is 66.2 Å². The summed E-state index contributed by atoms with van der Waals surface area (Å²) in [5, 5.41) is 30.3. The molecule has 0 bridgehead atoms.